The molecule has 32 heavy (non-hydrogen) atoms. The van der Waals surface area contributed by atoms with Gasteiger partial charge in [0.05, 0.1) is 0 Å². The molecule has 0 aliphatic carbocycles. The third-order valence-electron chi connectivity index (χ3n) is 5.59. The van der Waals surface area contributed by atoms with E-state index in [9.17, 15) is 14.0 Å². The quantitative estimate of drug-likeness (QED) is 0.586. The predicted octanol–water partition coefficient (Wildman–Crippen LogP) is 5.42. The summed E-state index contributed by atoms with van der Waals surface area (Å²) in [6.45, 7) is 3.00. The van der Waals surface area contributed by atoms with Crippen molar-refractivity contribution in [2.24, 2.45) is 5.92 Å². The van der Waals surface area contributed by atoms with E-state index in [1.807, 2.05) is 55.5 Å². The van der Waals surface area contributed by atoms with Crippen LogP contribution in [0.4, 0.5) is 10.1 Å². The summed E-state index contributed by atoms with van der Waals surface area (Å²) in [6.07, 6.45) is 1.18. The van der Waals surface area contributed by atoms with Gasteiger partial charge in [0.15, 0.2) is 0 Å². The number of ether oxygens (including phenoxy) is 1. The molecule has 5 nitrogen and oxygen atoms in total. The molecule has 1 saturated heterocycles. The van der Waals surface area contributed by atoms with Crippen molar-refractivity contribution in [1.29, 1.82) is 0 Å². The lowest BCUT2D eigenvalue weighted by molar-refractivity contribution is -0.121. The average Bonchev–Trinajstić information content (AvgIpc) is 2.80. The molecule has 0 atom stereocenters. The highest BCUT2D eigenvalue weighted by molar-refractivity contribution is 5.95. The molecule has 6 heteroatoms. The number of nitrogens with zero attached hydrogens (tertiary/aromatic N) is 1. The Hall–Kier alpha value is -3.67. The third-order valence-corrected chi connectivity index (χ3v) is 5.59. The van der Waals surface area contributed by atoms with Crippen LogP contribution < -0.4 is 10.1 Å². The van der Waals surface area contributed by atoms with Crippen LogP contribution >= 0.6 is 0 Å². The number of carbonyl (C=O) groups is 2. The second-order valence-electron chi connectivity index (χ2n) is 8.01. The third kappa shape index (κ3) is 5.32. The largest absolute Gasteiger partial charge is 0.457 e. The number of nitrogens with one attached hydrogen (secondary N) is 1. The Morgan fingerprint density at radius 1 is 0.938 bits per heavy atom. The van der Waals surface area contributed by atoms with Gasteiger partial charge in [-0.2, -0.15) is 0 Å². The number of hydrogen-bond donors (Lipinski definition) is 1. The smallest absolute Gasteiger partial charge is 0.253 e. The van der Waals surface area contributed by atoms with Gasteiger partial charge in [-0.3, -0.25) is 9.59 Å². The molecular formula is C26H25FN2O3. The average molecular weight is 432 g/mol. The van der Waals surface area contributed by atoms with Gasteiger partial charge in [-0.25, -0.2) is 4.39 Å². The number of carbonyl (C=O) groups excluding carboxylic acids is 2. The SMILES string of the molecule is Cc1cccc(Oc2ccc(NC(=O)C3CCN(C(=O)c4ccc(F)cc4)CC3)cc2)c1. The van der Waals surface area contributed by atoms with Crippen molar-refractivity contribution < 1.29 is 18.7 Å². The minimum absolute atomic E-state index is 0.0498. The molecule has 0 spiro atoms. The molecule has 3 aromatic carbocycles. The molecule has 1 fully saturated rings. The summed E-state index contributed by atoms with van der Waals surface area (Å²) in [7, 11) is 0. The Labute approximate surface area is 186 Å². The maximum absolute atomic E-state index is 13.1. The summed E-state index contributed by atoms with van der Waals surface area (Å²) in [6, 6.07) is 20.6. The van der Waals surface area contributed by atoms with Gasteiger partial charge in [0.1, 0.15) is 17.3 Å². The summed E-state index contributed by atoms with van der Waals surface area (Å²) >= 11 is 0. The summed E-state index contributed by atoms with van der Waals surface area (Å²) in [5, 5.41) is 2.95. The summed E-state index contributed by atoms with van der Waals surface area (Å²) in [4.78, 5) is 26.9. The summed E-state index contributed by atoms with van der Waals surface area (Å²) in [5.74, 6) is 0.756. The Morgan fingerprint density at radius 3 is 2.28 bits per heavy atom. The maximum Gasteiger partial charge on any atom is 0.253 e. The van der Waals surface area contributed by atoms with Gasteiger partial charge in [-0.15, -0.1) is 0 Å². The van der Waals surface area contributed by atoms with Gasteiger partial charge in [-0.05, 0) is 86.0 Å². The number of anilines is 1. The fourth-order valence-corrected chi connectivity index (χ4v) is 3.79. The van der Waals surface area contributed by atoms with Crippen molar-refractivity contribution in [2.45, 2.75) is 19.8 Å². The Kier molecular flexibility index (Phi) is 6.50. The first kappa shape index (κ1) is 21.6. The number of aryl methyl sites for hydroxylation is 1. The molecule has 0 bridgehead atoms. The van der Waals surface area contributed by atoms with Crippen molar-refractivity contribution >= 4 is 17.5 Å². The van der Waals surface area contributed by atoms with Crippen LogP contribution in [0.3, 0.4) is 0 Å². The van der Waals surface area contributed by atoms with Gasteiger partial charge in [0, 0.05) is 30.3 Å². The van der Waals surface area contributed by atoms with E-state index >= 15 is 0 Å². The van der Waals surface area contributed by atoms with Crippen LogP contribution in [0.1, 0.15) is 28.8 Å². The number of piperidine rings is 1. The second-order valence-corrected chi connectivity index (χ2v) is 8.01. The van der Waals surface area contributed by atoms with Crippen LogP contribution in [0.5, 0.6) is 11.5 Å². The Morgan fingerprint density at radius 2 is 1.62 bits per heavy atom. The fourth-order valence-electron chi connectivity index (χ4n) is 3.79. The minimum Gasteiger partial charge on any atom is -0.457 e. The minimum atomic E-state index is -0.369. The zero-order chi connectivity index (χ0) is 22.5. The number of hydrogen-bond acceptors (Lipinski definition) is 3. The fraction of sp³-hybridized carbons (Fsp3) is 0.231. The topological polar surface area (TPSA) is 58.6 Å². The Balaban J connectivity index is 1.28. The van der Waals surface area contributed by atoms with Crippen LogP contribution in [0.15, 0.2) is 72.8 Å². The van der Waals surface area contributed by atoms with E-state index in [-0.39, 0.29) is 23.5 Å². The number of halogens is 1. The standard InChI is InChI=1S/C26H25FN2O3/c1-18-3-2-4-24(17-18)32-23-11-9-22(10-12-23)28-25(30)19-13-15-29(16-14-19)26(31)20-5-7-21(27)8-6-20/h2-12,17,19H,13-16H2,1H3,(H,28,30). The lowest BCUT2D eigenvalue weighted by Gasteiger charge is -2.31. The lowest BCUT2D eigenvalue weighted by atomic mass is 9.95. The first-order valence-electron chi connectivity index (χ1n) is 10.7. The number of rotatable bonds is 5. The summed E-state index contributed by atoms with van der Waals surface area (Å²) in [5.41, 5.74) is 2.29. The normalized spacial score (nSPS) is 14.1. The predicted molar refractivity (Wildman–Crippen MR) is 121 cm³/mol. The van der Waals surface area contributed by atoms with Crippen molar-refractivity contribution in [3.63, 3.8) is 0 Å². The zero-order valence-electron chi connectivity index (χ0n) is 17.9. The molecule has 0 radical (unpaired) electrons. The molecule has 0 saturated carbocycles. The molecule has 1 N–H and O–H groups in total. The Bertz CT molecular complexity index is 1090. The zero-order valence-corrected chi connectivity index (χ0v) is 17.9. The molecule has 1 aliphatic rings. The highest BCUT2D eigenvalue weighted by Gasteiger charge is 2.28. The van der Waals surface area contributed by atoms with E-state index in [1.54, 1.807) is 4.90 Å². The highest BCUT2D eigenvalue weighted by Crippen LogP contribution is 2.25. The number of likely N-dealkylation sites (tertiary alicyclic amines) is 1. The molecular weight excluding hydrogens is 407 g/mol. The van der Waals surface area contributed by atoms with Gasteiger partial charge in [0.2, 0.25) is 5.91 Å². The van der Waals surface area contributed by atoms with Gasteiger partial charge in [0.25, 0.3) is 5.91 Å². The van der Waals surface area contributed by atoms with Crippen molar-refractivity contribution in [2.75, 3.05) is 18.4 Å². The molecule has 2 amide bonds. The van der Waals surface area contributed by atoms with E-state index in [1.165, 1.54) is 24.3 Å². The highest BCUT2D eigenvalue weighted by atomic mass is 19.1. The van der Waals surface area contributed by atoms with E-state index in [2.05, 4.69) is 5.32 Å². The van der Waals surface area contributed by atoms with Crippen molar-refractivity contribution in [3.05, 3.63) is 89.7 Å². The number of benzene rings is 3. The monoisotopic (exact) mass is 432 g/mol. The van der Waals surface area contributed by atoms with Crippen LogP contribution in [-0.4, -0.2) is 29.8 Å². The molecule has 164 valence electrons. The molecule has 0 aromatic heterocycles. The summed E-state index contributed by atoms with van der Waals surface area (Å²) < 4.78 is 18.9. The van der Waals surface area contributed by atoms with E-state index in [4.69, 9.17) is 4.74 Å². The first-order valence-corrected chi connectivity index (χ1v) is 10.7. The molecule has 1 heterocycles. The maximum atomic E-state index is 13.1. The van der Waals surface area contributed by atoms with Crippen LogP contribution in [-0.2, 0) is 4.79 Å². The van der Waals surface area contributed by atoms with Gasteiger partial charge < -0.3 is 15.0 Å². The van der Waals surface area contributed by atoms with Gasteiger partial charge >= 0.3 is 0 Å². The molecule has 4 rings (SSSR count). The molecule has 3 aromatic rings. The van der Waals surface area contributed by atoms with Crippen molar-refractivity contribution in [3.8, 4) is 11.5 Å². The van der Waals surface area contributed by atoms with E-state index in [0.717, 1.165) is 11.3 Å². The number of amides is 2. The van der Waals surface area contributed by atoms with Crippen molar-refractivity contribution in [1.82, 2.24) is 4.90 Å². The first-order chi connectivity index (χ1) is 15.5. The van der Waals surface area contributed by atoms with E-state index in [0.29, 0.717) is 42.9 Å². The second kappa shape index (κ2) is 9.64. The molecule has 1 aliphatic heterocycles. The van der Waals surface area contributed by atoms with E-state index < -0.39 is 0 Å². The van der Waals surface area contributed by atoms with Crippen LogP contribution in [0.2, 0.25) is 0 Å². The van der Waals surface area contributed by atoms with Crippen LogP contribution in [0, 0.1) is 18.7 Å². The van der Waals surface area contributed by atoms with Gasteiger partial charge in [-0.1, -0.05) is 12.1 Å². The molecule has 0 unspecified atom stereocenters. The lowest BCUT2D eigenvalue weighted by Crippen LogP contribution is -2.41. The van der Waals surface area contributed by atoms with Crippen LogP contribution in [0.25, 0.3) is 0 Å².